The molecule has 2 fully saturated rings. The molecule has 1 aromatic heterocycles. The number of allylic oxidation sites excluding steroid dienone is 1. The fourth-order valence-corrected chi connectivity index (χ4v) is 5.18. The number of benzene rings is 2. The lowest BCUT2D eigenvalue weighted by Crippen LogP contribution is -2.32. The molecule has 1 spiro atoms. The van der Waals surface area contributed by atoms with Crippen molar-refractivity contribution in [2.75, 3.05) is 6.61 Å². The van der Waals surface area contributed by atoms with E-state index in [4.69, 9.17) is 4.74 Å². The number of esters is 1. The van der Waals surface area contributed by atoms with Crippen molar-refractivity contribution >= 4 is 11.9 Å². The van der Waals surface area contributed by atoms with Crippen LogP contribution in [-0.4, -0.2) is 44.0 Å². The molecule has 2 aromatic carbocycles. The van der Waals surface area contributed by atoms with Gasteiger partial charge in [0.1, 0.15) is 0 Å². The first-order chi connectivity index (χ1) is 16.6. The van der Waals surface area contributed by atoms with Gasteiger partial charge in [-0.05, 0) is 41.7 Å². The van der Waals surface area contributed by atoms with E-state index >= 15 is 0 Å². The molecule has 1 aliphatic heterocycles. The number of tetrazole rings is 1. The highest BCUT2D eigenvalue weighted by molar-refractivity contribution is 5.91. The molecule has 0 unspecified atom stereocenters. The van der Waals surface area contributed by atoms with Crippen LogP contribution in [0.5, 0.6) is 0 Å². The zero-order valence-corrected chi connectivity index (χ0v) is 19.2. The quantitative estimate of drug-likeness (QED) is 0.438. The van der Waals surface area contributed by atoms with Crippen molar-refractivity contribution in [1.29, 1.82) is 0 Å². The molecule has 34 heavy (non-hydrogen) atoms. The third-order valence-electron chi connectivity index (χ3n) is 6.82. The number of H-pyrrole nitrogens is 1. The molecular weight excluding hydrogens is 430 g/mol. The Morgan fingerprint density at radius 1 is 1.12 bits per heavy atom. The number of hydrogen-bond acceptors (Lipinski definition) is 6. The molecule has 8 heteroatoms. The van der Waals surface area contributed by atoms with Gasteiger partial charge in [0.2, 0.25) is 11.7 Å². The summed E-state index contributed by atoms with van der Waals surface area (Å²) < 4.78 is 5.13. The monoisotopic (exact) mass is 457 g/mol. The fraction of sp³-hybridized carbons (Fsp3) is 0.346. The molecule has 5 rings (SSSR count). The molecule has 0 radical (unpaired) electrons. The van der Waals surface area contributed by atoms with Gasteiger partial charge in [0, 0.05) is 23.8 Å². The zero-order valence-electron chi connectivity index (χ0n) is 19.2. The maximum Gasteiger partial charge on any atom is 0.332 e. The van der Waals surface area contributed by atoms with E-state index in [0.29, 0.717) is 25.4 Å². The highest BCUT2D eigenvalue weighted by Gasteiger charge is 2.50. The number of aromatic amines is 1. The fourth-order valence-electron chi connectivity index (χ4n) is 5.18. The summed E-state index contributed by atoms with van der Waals surface area (Å²) in [6, 6.07) is 16.0. The topological polar surface area (TPSA) is 101 Å². The van der Waals surface area contributed by atoms with Gasteiger partial charge in [0.25, 0.3) is 0 Å². The summed E-state index contributed by atoms with van der Waals surface area (Å²) in [6.45, 7) is 2.53. The lowest BCUT2D eigenvalue weighted by molar-refractivity contribution is -0.137. The maximum absolute atomic E-state index is 13.5. The number of nitrogens with zero attached hydrogens (tertiary/aromatic N) is 4. The molecule has 2 aliphatic rings. The minimum absolute atomic E-state index is 0.132. The van der Waals surface area contributed by atoms with Crippen molar-refractivity contribution < 1.29 is 14.3 Å². The Bertz CT molecular complexity index is 1210. The number of carbonyl (C=O) groups excluding carboxylic acids is 2. The second-order valence-corrected chi connectivity index (χ2v) is 8.92. The third-order valence-corrected chi connectivity index (χ3v) is 6.82. The first kappa shape index (κ1) is 22.0. The van der Waals surface area contributed by atoms with Crippen LogP contribution in [-0.2, 0) is 20.9 Å². The van der Waals surface area contributed by atoms with Crippen molar-refractivity contribution in [2.24, 2.45) is 5.41 Å². The molecule has 2 heterocycles. The van der Waals surface area contributed by atoms with E-state index in [1.807, 2.05) is 48.5 Å². The lowest BCUT2D eigenvalue weighted by atomic mass is 9.84. The average molecular weight is 458 g/mol. The highest BCUT2D eigenvalue weighted by Crippen LogP contribution is 2.50. The predicted octanol–water partition coefficient (Wildman–Crippen LogP) is 4.27. The van der Waals surface area contributed by atoms with Crippen LogP contribution < -0.4 is 0 Å². The Labute approximate surface area is 198 Å². The number of aromatic nitrogens is 4. The number of ether oxygens (including phenoxy) is 1. The lowest BCUT2D eigenvalue weighted by Gasteiger charge is -2.22. The van der Waals surface area contributed by atoms with Crippen LogP contribution >= 0.6 is 0 Å². The van der Waals surface area contributed by atoms with Gasteiger partial charge in [0.05, 0.1) is 18.6 Å². The second kappa shape index (κ2) is 9.21. The molecule has 1 aliphatic carbocycles. The molecule has 1 N–H and O–H groups in total. The summed E-state index contributed by atoms with van der Waals surface area (Å²) in [5.41, 5.74) is 4.31. The van der Waals surface area contributed by atoms with Crippen LogP contribution in [0.3, 0.4) is 0 Å². The Hall–Kier alpha value is -3.81. The number of likely N-dealkylation sites (tertiary alicyclic amines) is 1. The first-order valence-electron chi connectivity index (χ1n) is 11.7. The van der Waals surface area contributed by atoms with Crippen LogP contribution in [0.15, 0.2) is 60.3 Å². The predicted molar refractivity (Wildman–Crippen MR) is 126 cm³/mol. The van der Waals surface area contributed by atoms with Crippen molar-refractivity contribution in [3.8, 4) is 22.5 Å². The van der Waals surface area contributed by atoms with Crippen LogP contribution in [0.1, 0.15) is 44.6 Å². The molecule has 0 bridgehead atoms. The van der Waals surface area contributed by atoms with E-state index in [-0.39, 0.29) is 11.3 Å². The first-order valence-corrected chi connectivity index (χ1v) is 11.7. The Kier molecular flexibility index (Phi) is 5.96. The van der Waals surface area contributed by atoms with Gasteiger partial charge in [-0.1, -0.05) is 61.4 Å². The van der Waals surface area contributed by atoms with Gasteiger partial charge in [-0.25, -0.2) is 4.79 Å². The molecule has 1 saturated heterocycles. The van der Waals surface area contributed by atoms with Crippen molar-refractivity contribution in [2.45, 2.75) is 45.6 Å². The summed E-state index contributed by atoms with van der Waals surface area (Å²) in [7, 11) is 0. The van der Waals surface area contributed by atoms with Crippen LogP contribution in [0, 0.1) is 5.41 Å². The SMILES string of the molecule is CCOC(=O)/C=C1\CC2(CCCC2)C(=O)N1Cc1ccc(-c2ccccc2-c2nn[nH]n2)cc1. The van der Waals surface area contributed by atoms with Crippen LogP contribution in [0.4, 0.5) is 0 Å². The summed E-state index contributed by atoms with van der Waals surface area (Å²) in [4.78, 5) is 27.4. The number of rotatable bonds is 6. The van der Waals surface area contributed by atoms with E-state index in [2.05, 4.69) is 20.6 Å². The molecule has 3 aromatic rings. The van der Waals surface area contributed by atoms with Crippen LogP contribution in [0.2, 0.25) is 0 Å². The van der Waals surface area contributed by atoms with Gasteiger partial charge < -0.3 is 9.64 Å². The van der Waals surface area contributed by atoms with E-state index < -0.39 is 5.97 Å². The zero-order chi connectivity index (χ0) is 23.5. The van der Waals surface area contributed by atoms with Crippen molar-refractivity contribution in [1.82, 2.24) is 25.5 Å². The summed E-state index contributed by atoms with van der Waals surface area (Å²) in [5.74, 6) is 0.281. The maximum atomic E-state index is 13.5. The normalized spacial score (nSPS) is 18.2. The number of hydrogen-bond donors (Lipinski definition) is 1. The van der Waals surface area contributed by atoms with E-state index in [9.17, 15) is 9.59 Å². The smallest absolute Gasteiger partial charge is 0.332 e. The number of carbonyl (C=O) groups is 2. The molecule has 1 amide bonds. The van der Waals surface area contributed by atoms with Crippen molar-refractivity contribution in [3.05, 3.63) is 65.9 Å². The summed E-state index contributed by atoms with van der Waals surface area (Å²) in [6.07, 6.45) is 5.99. The minimum Gasteiger partial charge on any atom is -0.463 e. The molecule has 1 saturated carbocycles. The van der Waals surface area contributed by atoms with Crippen molar-refractivity contribution in [3.63, 3.8) is 0 Å². The Morgan fingerprint density at radius 2 is 1.85 bits per heavy atom. The average Bonchev–Trinajstić information content (AvgIpc) is 3.60. The third kappa shape index (κ3) is 4.11. The number of amides is 1. The van der Waals surface area contributed by atoms with Gasteiger partial charge in [-0.3, -0.25) is 4.79 Å². The molecular formula is C26H27N5O3. The Balaban J connectivity index is 1.41. The van der Waals surface area contributed by atoms with Gasteiger partial charge in [-0.2, -0.15) is 5.21 Å². The minimum atomic E-state index is -0.390. The number of nitrogens with one attached hydrogen (secondary N) is 1. The molecule has 174 valence electrons. The Morgan fingerprint density at radius 3 is 2.53 bits per heavy atom. The van der Waals surface area contributed by atoms with E-state index in [1.165, 1.54) is 6.08 Å². The summed E-state index contributed by atoms with van der Waals surface area (Å²) in [5, 5.41) is 14.4. The van der Waals surface area contributed by atoms with Crippen LogP contribution in [0.25, 0.3) is 22.5 Å². The molecule has 8 nitrogen and oxygen atoms in total. The van der Waals surface area contributed by atoms with E-state index in [1.54, 1.807) is 11.8 Å². The summed E-state index contributed by atoms with van der Waals surface area (Å²) >= 11 is 0. The van der Waals surface area contributed by atoms with E-state index in [0.717, 1.165) is 53.6 Å². The largest absolute Gasteiger partial charge is 0.463 e. The standard InChI is InChI=1S/C26H27N5O3/c1-2-34-23(32)15-20-16-26(13-5-6-14-26)25(33)31(20)17-18-9-11-19(12-10-18)21-7-3-4-8-22(21)24-27-29-30-28-24/h3-4,7-12,15H,2,5-6,13-14,16-17H2,1H3,(H,27,28,29,30)/b20-15+. The van der Waals surface area contributed by atoms with Gasteiger partial charge >= 0.3 is 5.97 Å². The molecule has 0 atom stereocenters. The van der Waals surface area contributed by atoms with Gasteiger partial charge in [-0.15, -0.1) is 10.2 Å². The highest BCUT2D eigenvalue weighted by atomic mass is 16.5. The second-order valence-electron chi connectivity index (χ2n) is 8.92. The van der Waals surface area contributed by atoms with Gasteiger partial charge in [0.15, 0.2) is 0 Å².